The van der Waals surface area contributed by atoms with Crippen molar-refractivity contribution in [1.82, 2.24) is 9.80 Å². The van der Waals surface area contributed by atoms with Gasteiger partial charge in [-0.1, -0.05) is 97.1 Å². The smallest absolute Gasteiger partial charge is 0.410 e. The van der Waals surface area contributed by atoms with Crippen LogP contribution in [-0.4, -0.2) is 82.5 Å². The lowest BCUT2D eigenvalue weighted by Gasteiger charge is -2.21. The molecule has 11 heteroatoms. The molecule has 2 heterocycles. The van der Waals surface area contributed by atoms with Crippen LogP contribution in [0, 0.1) is 23.7 Å². The van der Waals surface area contributed by atoms with E-state index in [4.69, 9.17) is 19.3 Å². The maximum atomic E-state index is 12.4. The van der Waals surface area contributed by atoms with Gasteiger partial charge in [0.1, 0.15) is 19.3 Å². The number of hydrogen-bond donors (Lipinski definition) is 2. The Bertz CT molecular complexity index is 1840. The van der Waals surface area contributed by atoms with Gasteiger partial charge < -0.3 is 34.2 Å². The van der Waals surface area contributed by atoms with Gasteiger partial charge in [-0.15, -0.1) is 0 Å². The average molecular weight is 749 g/mol. The third kappa shape index (κ3) is 10.7. The minimum atomic E-state index is -0.879. The molecule has 6 atom stereocenters. The lowest BCUT2D eigenvalue weighted by atomic mass is 9.99. The van der Waals surface area contributed by atoms with Gasteiger partial charge in [-0.2, -0.15) is 0 Å². The summed E-state index contributed by atoms with van der Waals surface area (Å²) in [5.41, 5.74) is 2.87. The van der Waals surface area contributed by atoms with Gasteiger partial charge in [0, 0.05) is 38.0 Å². The highest BCUT2D eigenvalue weighted by Gasteiger charge is 2.46. The van der Waals surface area contributed by atoms with E-state index in [2.05, 4.69) is 0 Å². The first kappa shape index (κ1) is 39.0. The molecule has 2 aliphatic heterocycles. The summed E-state index contributed by atoms with van der Waals surface area (Å²) in [6, 6.07) is 36.7. The van der Waals surface area contributed by atoms with Gasteiger partial charge in [-0.25, -0.2) is 19.2 Å². The number of fused-ring (bicyclic) bond motifs is 2. The van der Waals surface area contributed by atoms with Crippen molar-refractivity contribution in [2.45, 2.75) is 51.1 Å². The Kier molecular flexibility index (Phi) is 13.5. The zero-order valence-corrected chi connectivity index (χ0v) is 30.7. The predicted molar refractivity (Wildman–Crippen MR) is 204 cm³/mol. The molecule has 11 nitrogen and oxygen atoms in total. The topological polar surface area (TPSA) is 143 Å². The number of amides is 2. The Hall–Kier alpha value is -5.68. The van der Waals surface area contributed by atoms with Gasteiger partial charge >= 0.3 is 24.1 Å². The number of aliphatic hydroxyl groups is 1. The molecule has 0 aromatic heterocycles. The van der Waals surface area contributed by atoms with Crippen LogP contribution in [0.25, 0.3) is 0 Å². The average Bonchev–Trinajstić information content (AvgIpc) is 4.02. The maximum Gasteiger partial charge on any atom is 0.410 e. The van der Waals surface area contributed by atoms with Crippen LogP contribution >= 0.6 is 0 Å². The summed E-state index contributed by atoms with van der Waals surface area (Å²) in [6.45, 7) is 3.23. The van der Waals surface area contributed by atoms with Crippen molar-refractivity contribution < 1.29 is 43.6 Å². The summed E-state index contributed by atoms with van der Waals surface area (Å²) in [5.74, 6) is 0.121. The van der Waals surface area contributed by atoms with Crippen molar-refractivity contribution >= 4 is 24.1 Å². The van der Waals surface area contributed by atoms with Crippen molar-refractivity contribution in [2.75, 3.05) is 26.2 Å². The number of aromatic carboxylic acids is 1. The molecule has 2 saturated heterocycles. The summed E-state index contributed by atoms with van der Waals surface area (Å²) in [6.07, 6.45) is 2.82. The van der Waals surface area contributed by atoms with Crippen LogP contribution in [0.2, 0.25) is 0 Å². The van der Waals surface area contributed by atoms with Gasteiger partial charge in [-0.05, 0) is 72.9 Å². The highest BCUT2D eigenvalue weighted by atomic mass is 16.6. The van der Waals surface area contributed by atoms with E-state index < -0.39 is 5.97 Å². The summed E-state index contributed by atoms with van der Waals surface area (Å²) in [4.78, 5) is 50.4. The second-order valence-electron chi connectivity index (χ2n) is 14.4. The van der Waals surface area contributed by atoms with Crippen LogP contribution in [0.5, 0.6) is 0 Å². The number of aliphatic hydroxyl groups excluding tert-OH is 1. The molecular weight excluding hydrogens is 700 g/mol. The van der Waals surface area contributed by atoms with E-state index in [0.717, 1.165) is 43.4 Å². The van der Waals surface area contributed by atoms with E-state index in [1.165, 1.54) is 0 Å². The van der Waals surface area contributed by atoms with Crippen LogP contribution < -0.4 is 0 Å². The molecule has 0 unspecified atom stereocenters. The Morgan fingerprint density at radius 2 is 0.982 bits per heavy atom. The summed E-state index contributed by atoms with van der Waals surface area (Å²) in [7, 11) is 0. The molecule has 0 spiro atoms. The molecule has 4 aromatic carbocycles. The summed E-state index contributed by atoms with van der Waals surface area (Å²) in [5, 5.41) is 18.2. The molecule has 4 aliphatic rings. The number of benzene rings is 4. The standard InChI is InChI=1S/C22H23NO4.C15H19NO3.C7H6O2/c24-21(17-9-5-2-6-10-17)27-20-12-11-18-13-23(14-19(18)20)22(25)26-15-16-7-3-1-4-8-16;17-14-7-6-12-8-16(9-13(12)14)15(18)19-10-11-4-2-1-3-5-11;8-7(9)6-4-2-1-3-5-6/h1-10,18-20H,11-15H2;1-5,12-14,17H,6-10H2;1-5H,(H,8,9)/t18-,19+,20+;12-,13+,14-;/m00./s1. The fourth-order valence-electron chi connectivity index (χ4n) is 7.88. The predicted octanol–water partition coefficient (Wildman–Crippen LogP) is 7.30. The van der Waals surface area contributed by atoms with Crippen LogP contribution in [0.15, 0.2) is 121 Å². The number of carbonyl (C=O) groups is 4. The van der Waals surface area contributed by atoms with Crippen molar-refractivity contribution in [3.63, 3.8) is 0 Å². The largest absolute Gasteiger partial charge is 0.478 e. The second kappa shape index (κ2) is 19.1. The number of carbonyl (C=O) groups excluding carboxylic acids is 3. The Labute approximate surface area is 321 Å². The highest BCUT2D eigenvalue weighted by Crippen LogP contribution is 2.40. The minimum absolute atomic E-state index is 0.130. The molecular formula is C44H48N2O9. The van der Waals surface area contributed by atoms with E-state index >= 15 is 0 Å². The fourth-order valence-corrected chi connectivity index (χ4v) is 7.88. The van der Waals surface area contributed by atoms with E-state index in [9.17, 15) is 24.3 Å². The number of carboxylic acids is 1. The number of carboxylic acid groups (broad SMARTS) is 1. The number of hydrogen-bond acceptors (Lipinski definition) is 8. The normalized spacial score (nSPS) is 23.2. The van der Waals surface area contributed by atoms with Crippen molar-refractivity contribution in [3.8, 4) is 0 Å². The van der Waals surface area contributed by atoms with Crippen molar-refractivity contribution in [3.05, 3.63) is 144 Å². The maximum absolute atomic E-state index is 12.4. The van der Waals surface area contributed by atoms with E-state index in [1.54, 1.807) is 52.3 Å². The molecule has 4 aromatic rings. The highest BCUT2D eigenvalue weighted by molar-refractivity contribution is 5.89. The SMILES string of the molecule is O=C(O)c1ccccc1.O=C(OCc1ccccc1)N1C[C@@H]2CC[C@H](O)[C@@H]2C1.O=C(O[C@@H]1CC[C@H]2CN(C(=O)OCc3ccccc3)C[C@H]21)c1ccccc1. The Balaban J connectivity index is 0.000000159. The molecule has 8 rings (SSSR count). The number of likely N-dealkylation sites (tertiary alicyclic amines) is 2. The number of rotatable bonds is 7. The summed E-state index contributed by atoms with van der Waals surface area (Å²) >= 11 is 0. The minimum Gasteiger partial charge on any atom is -0.478 e. The molecule has 2 N–H and O–H groups in total. The Morgan fingerprint density at radius 1 is 0.545 bits per heavy atom. The monoisotopic (exact) mass is 748 g/mol. The number of nitrogens with zero attached hydrogens (tertiary/aromatic N) is 2. The van der Waals surface area contributed by atoms with Gasteiger partial charge in [0.25, 0.3) is 0 Å². The molecule has 4 fully saturated rings. The van der Waals surface area contributed by atoms with Crippen LogP contribution in [-0.2, 0) is 27.4 Å². The Morgan fingerprint density at radius 3 is 1.45 bits per heavy atom. The molecule has 288 valence electrons. The van der Waals surface area contributed by atoms with Crippen LogP contribution in [0.4, 0.5) is 9.59 Å². The molecule has 0 bridgehead atoms. The lowest BCUT2D eigenvalue weighted by Crippen LogP contribution is -2.32. The lowest BCUT2D eigenvalue weighted by molar-refractivity contribution is 0.0192. The fraction of sp³-hybridized carbons (Fsp3) is 0.364. The molecule has 55 heavy (non-hydrogen) atoms. The molecule has 2 aliphatic carbocycles. The van der Waals surface area contributed by atoms with Gasteiger partial charge in [0.2, 0.25) is 0 Å². The molecule has 2 saturated carbocycles. The van der Waals surface area contributed by atoms with Crippen molar-refractivity contribution in [1.29, 1.82) is 0 Å². The van der Waals surface area contributed by atoms with E-state index in [1.807, 2.05) is 78.9 Å². The molecule has 2 amide bonds. The van der Waals surface area contributed by atoms with Gasteiger partial charge in [0.15, 0.2) is 0 Å². The summed E-state index contributed by atoms with van der Waals surface area (Å²) < 4.78 is 16.5. The zero-order chi connectivity index (χ0) is 38.6. The van der Waals surface area contributed by atoms with Crippen LogP contribution in [0.3, 0.4) is 0 Å². The van der Waals surface area contributed by atoms with Gasteiger partial charge in [0.05, 0.1) is 17.2 Å². The second-order valence-corrected chi connectivity index (χ2v) is 14.4. The first-order valence-corrected chi connectivity index (χ1v) is 18.9. The first-order valence-electron chi connectivity index (χ1n) is 18.9. The molecule has 0 radical (unpaired) electrons. The number of ether oxygens (including phenoxy) is 3. The van der Waals surface area contributed by atoms with Crippen LogP contribution in [0.1, 0.15) is 57.5 Å². The third-order valence-corrected chi connectivity index (χ3v) is 10.8. The van der Waals surface area contributed by atoms with E-state index in [-0.39, 0.29) is 48.8 Å². The van der Waals surface area contributed by atoms with Crippen molar-refractivity contribution in [2.24, 2.45) is 23.7 Å². The zero-order valence-electron chi connectivity index (χ0n) is 30.7. The quantitative estimate of drug-likeness (QED) is 0.147. The first-order chi connectivity index (χ1) is 26.7. The third-order valence-electron chi connectivity index (χ3n) is 10.8. The number of esters is 1. The van der Waals surface area contributed by atoms with Gasteiger partial charge in [-0.3, -0.25) is 0 Å². The van der Waals surface area contributed by atoms with E-state index in [0.29, 0.717) is 49.2 Å².